The Labute approximate surface area is 286 Å². The van der Waals surface area contributed by atoms with Gasteiger partial charge in [-0.1, -0.05) is 54.2 Å². The molecule has 0 aliphatic heterocycles. The molecule has 6 unspecified atom stereocenters. The molecular weight excluding hydrogens is 610 g/mol. The molecule has 5 aliphatic rings. The summed E-state index contributed by atoms with van der Waals surface area (Å²) in [6, 6.07) is 0. The number of Topliss-reactive ketones (excluding diaryl/α,β-unsaturated/α-hetero) is 1. The number of esters is 3. The number of ketones is 2. The zero-order chi connectivity index (χ0) is 35.7. The Bertz CT molecular complexity index is 1420. The molecule has 0 N–H and O–H groups in total. The number of ether oxygens (including phenoxy) is 3. The van der Waals surface area contributed by atoms with Gasteiger partial charge in [-0.25, -0.2) is 0 Å². The van der Waals surface area contributed by atoms with E-state index in [0.717, 1.165) is 25.7 Å². The van der Waals surface area contributed by atoms with Gasteiger partial charge >= 0.3 is 17.9 Å². The lowest BCUT2D eigenvalue weighted by Gasteiger charge is -2.61. The van der Waals surface area contributed by atoms with Crippen LogP contribution in [0.1, 0.15) is 87.5 Å². The zero-order valence-corrected chi connectivity index (χ0v) is 30.7. The Morgan fingerprint density at radius 1 is 1.02 bits per heavy atom. The van der Waals surface area contributed by atoms with E-state index < -0.39 is 41.8 Å². The molecule has 266 valence electrons. The molecule has 0 saturated heterocycles. The maximum atomic E-state index is 14.2. The van der Waals surface area contributed by atoms with E-state index in [-0.39, 0.29) is 64.0 Å². The van der Waals surface area contributed by atoms with Crippen molar-refractivity contribution >= 4 is 29.5 Å². The molecule has 9 nitrogen and oxygen atoms in total. The summed E-state index contributed by atoms with van der Waals surface area (Å²) in [5.41, 5.74) is -0.239. The number of hydrogen-bond acceptors (Lipinski definition) is 9. The molecule has 0 bridgehead atoms. The molecule has 2 spiro atoms. The van der Waals surface area contributed by atoms with Crippen molar-refractivity contribution in [1.82, 2.24) is 4.90 Å². The van der Waals surface area contributed by atoms with Crippen molar-refractivity contribution in [3.8, 4) is 0 Å². The molecule has 0 aromatic heterocycles. The zero-order valence-electron chi connectivity index (χ0n) is 30.7. The second-order valence-corrected chi connectivity index (χ2v) is 16.8. The largest absolute Gasteiger partial charge is 0.464 e. The minimum Gasteiger partial charge on any atom is -0.464 e. The van der Waals surface area contributed by atoms with Crippen LogP contribution in [0, 0.1) is 63.1 Å². The van der Waals surface area contributed by atoms with Gasteiger partial charge in [0, 0.05) is 42.9 Å². The first-order valence-corrected chi connectivity index (χ1v) is 17.9. The first-order valence-electron chi connectivity index (χ1n) is 17.9. The first-order chi connectivity index (χ1) is 22.3. The molecule has 0 aromatic carbocycles. The first kappa shape index (κ1) is 36.5. The minimum atomic E-state index is -1.14. The molecular formula is C39H57NO8. The summed E-state index contributed by atoms with van der Waals surface area (Å²) < 4.78 is 17.4. The van der Waals surface area contributed by atoms with E-state index in [0.29, 0.717) is 24.2 Å². The van der Waals surface area contributed by atoms with Crippen LogP contribution >= 0.6 is 0 Å². The minimum absolute atomic E-state index is 0.00827. The smallest absolute Gasteiger partial charge is 0.320 e. The van der Waals surface area contributed by atoms with E-state index in [1.54, 1.807) is 25.9 Å². The molecule has 4 fully saturated rings. The number of fused-ring (bicyclic) bond motifs is 2. The van der Waals surface area contributed by atoms with Crippen LogP contribution in [-0.4, -0.2) is 73.8 Å². The predicted molar refractivity (Wildman–Crippen MR) is 180 cm³/mol. The average Bonchev–Trinajstić information content (AvgIpc) is 3.43. The lowest BCUT2D eigenvalue weighted by molar-refractivity contribution is -0.166. The Morgan fingerprint density at radius 3 is 2.29 bits per heavy atom. The molecule has 0 amide bonds. The third-order valence-electron chi connectivity index (χ3n) is 14.4. The van der Waals surface area contributed by atoms with Crippen LogP contribution < -0.4 is 0 Å². The van der Waals surface area contributed by atoms with Crippen molar-refractivity contribution in [3.63, 3.8) is 0 Å². The standard InChI is InChI=1S/C39H57NO8/c1-21(20-46-32(44)19-40(10)11)22(2)34(45)35(48-27(7)42)24(4)33-30(47-26(6)41)18-37(9)31-13-12-28-23(3)29(43)14-15-38(28)25(5)39(31,38)17-16-36(33,37)8/h14-15,21,23-25,28,30-31,33,35H,2,12-13,16-20H2,1,3-11H3/t21-,23-,24-,25+,28?,30?,31?,33?,35+,36?,37-,38?,39-/m0/s1. The lowest BCUT2D eigenvalue weighted by Crippen LogP contribution is -2.56. The summed E-state index contributed by atoms with van der Waals surface area (Å²) in [7, 11) is 3.54. The van der Waals surface area contributed by atoms with Gasteiger partial charge in [0.1, 0.15) is 6.10 Å². The van der Waals surface area contributed by atoms with E-state index in [1.807, 2.05) is 13.0 Å². The Balaban J connectivity index is 1.47. The van der Waals surface area contributed by atoms with Gasteiger partial charge in [0.05, 0.1) is 13.2 Å². The van der Waals surface area contributed by atoms with Crippen LogP contribution in [-0.2, 0) is 38.2 Å². The second kappa shape index (κ2) is 12.5. The summed E-state index contributed by atoms with van der Waals surface area (Å²) in [6.07, 6.45) is 7.05. The maximum Gasteiger partial charge on any atom is 0.320 e. The van der Waals surface area contributed by atoms with Gasteiger partial charge in [0.15, 0.2) is 17.7 Å². The monoisotopic (exact) mass is 667 g/mol. The van der Waals surface area contributed by atoms with Gasteiger partial charge in [-0.05, 0) is 91.8 Å². The SMILES string of the molecule is C=C(C(=O)[C@H](OC(C)=O)[C@@H](C)C1C(OC(C)=O)C[C@@]2(C)C3CCC4[C@H](C)C(=O)C=CC45[C@@H](C)[C@@]35CCC12C)[C@@H](C)COC(=O)CN(C)C. The normalized spacial score (nSPS) is 41.1. The van der Waals surface area contributed by atoms with Crippen molar-refractivity contribution in [2.75, 3.05) is 27.2 Å². The van der Waals surface area contributed by atoms with Gasteiger partial charge in [-0.3, -0.25) is 28.9 Å². The van der Waals surface area contributed by atoms with Crippen LogP contribution in [0.4, 0.5) is 0 Å². The Morgan fingerprint density at radius 2 is 1.69 bits per heavy atom. The van der Waals surface area contributed by atoms with Gasteiger partial charge in [0.2, 0.25) is 0 Å². The highest BCUT2D eigenvalue weighted by Crippen LogP contribution is 2.89. The van der Waals surface area contributed by atoms with Gasteiger partial charge in [0.25, 0.3) is 0 Å². The van der Waals surface area contributed by atoms with Crippen molar-refractivity contribution in [3.05, 3.63) is 24.3 Å². The predicted octanol–water partition coefficient (Wildman–Crippen LogP) is 5.60. The number of rotatable bonds is 11. The molecule has 0 heterocycles. The molecule has 13 atom stereocenters. The number of nitrogens with zero attached hydrogens (tertiary/aromatic N) is 1. The number of allylic oxidation sites excluding steroid dienone is 2. The van der Waals surface area contributed by atoms with E-state index in [4.69, 9.17) is 14.2 Å². The lowest BCUT2D eigenvalue weighted by atomic mass is 9.43. The summed E-state index contributed by atoms with van der Waals surface area (Å²) >= 11 is 0. The summed E-state index contributed by atoms with van der Waals surface area (Å²) in [5.74, 6) is -1.58. The second-order valence-electron chi connectivity index (χ2n) is 16.8. The number of carbonyl (C=O) groups excluding carboxylic acids is 5. The van der Waals surface area contributed by atoms with Gasteiger partial charge in [-0.2, -0.15) is 0 Å². The van der Waals surface area contributed by atoms with Gasteiger partial charge in [-0.15, -0.1) is 0 Å². The fraction of sp³-hybridized carbons (Fsp3) is 0.769. The van der Waals surface area contributed by atoms with Crippen LogP contribution in [0.2, 0.25) is 0 Å². The summed E-state index contributed by atoms with van der Waals surface area (Å²) in [6.45, 7) is 19.8. The van der Waals surface area contributed by atoms with Crippen molar-refractivity contribution in [2.45, 2.75) is 99.7 Å². The van der Waals surface area contributed by atoms with Crippen LogP contribution in [0.15, 0.2) is 24.3 Å². The van der Waals surface area contributed by atoms with E-state index in [2.05, 4.69) is 40.3 Å². The molecule has 9 heteroatoms. The highest BCUT2D eigenvalue weighted by molar-refractivity contribution is 6.00. The molecule has 48 heavy (non-hydrogen) atoms. The van der Waals surface area contributed by atoms with E-state index >= 15 is 0 Å². The summed E-state index contributed by atoms with van der Waals surface area (Å²) in [5, 5.41) is 0. The quantitative estimate of drug-likeness (QED) is 0.158. The van der Waals surface area contributed by atoms with E-state index in [1.165, 1.54) is 13.8 Å². The van der Waals surface area contributed by atoms with Crippen molar-refractivity contribution in [2.24, 2.45) is 63.1 Å². The van der Waals surface area contributed by atoms with Crippen LogP contribution in [0.25, 0.3) is 0 Å². The topological polar surface area (TPSA) is 116 Å². The number of carbonyl (C=O) groups is 5. The Kier molecular flexibility index (Phi) is 9.50. The van der Waals surface area contributed by atoms with Crippen molar-refractivity contribution < 1.29 is 38.2 Å². The van der Waals surface area contributed by atoms with E-state index in [9.17, 15) is 24.0 Å². The number of likely N-dealkylation sites (N-methyl/N-ethyl adjacent to an activating group) is 1. The molecule has 5 rings (SSSR count). The highest BCUT2D eigenvalue weighted by Gasteiger charge is 2.85. The molecule has 5 aliphatic carbocycles. The van der Waals surface area contributed by atoms with Crippen molar-refractivity contribution in [1.29, 1.82) is 0 Å². The maximum absolute atomic E-state index is 14.2. The molecule has 4 saturated carbocycles. The Hall–Kier alpha value is -2.81. The third-order valence-corrected chi connectivity index (χ3v) is 14.4. The highest BCUT2D eigenvalue weighted by atomic mass is 16.6. The fourth-order valence-electron chi connectivity index (χ4n) is 12.2. The molecule has 0 aromatic rings. The van der Waals surface area contributed by atoms with Gasteiger partial charge < -0.3 is 14.2 Å². The fourth-order valence-corrected chi connectivity index (χ4v) is 12.2. The summed E-state index contributed by atoms with van der Waals surface area (Å²) in [4.78, 5) is 66.0. The average molecular weight is 668 g/mol. The van der Waals surface area contributed by atoms with Crippen LogP contribution in [0.5, 0.6) is 0 Å². The molecule has 0 radical (unpaired) electrons. The number of hydrogen-bond donors (Lipinski definition) is 0. The van der Waals surface area contributed by atoms with Crippen LogP contribution in [0.3, 0.4) is 0 Å². The third kappa shape index (κ3) is 5.23.